The molecule has 3 aromatic rings. The first-order valence-electron chi connectivity index (χ1n) is 8.08. The molecule has 0 fully saturated rings. The molecule has 0 aliphatic carbocycles. The smallest absolute Gasteiger partial charge is 0.277 e. The van der Waals surface area contributed by atoms with Crippen molar-refractivity contribution in [2.45, 2.75) is 5.09 Å². The second-order valence-electron chi connectivity index (χ2n) is 5.58. The van der Waals surface area contributed by atoms with Crippen LogP contribution in [0.25, 0.3) is 11.1 Å². The van der Waals surface area contributed by atoms with Crippen LogP contribution in [0.3, 0.4) is 0 Å². The molecule has 0 bridgehead atoms. The summed E-state index contributed by atoms with van der Waals surface area (Å²) < 4.78 is 42.5. The van der Waals surface area contributed by atoms with Crippen LogP contribution < -0.4 is 10.2 Å². The molecular weight excluding hydrogens is 384 g/mol. The maximum atomic E-state index is 11.7. The van der Waals surface area contributed by atoms with Crippen LogP contribution in [0.2, 0.25) is 0 Å². The van der Waals surface area contributed by atoms with Gasteiger partial charge in [0.05, 0.1) is 6.21 Å². The number of rotatable bonds is 7. The third-order valence-electron chi connectivity index (χ3n) is 3.56. The van der Waals surface area contributed by atoms with E-state index in [1.165, 1.54) is 6.07 Å². The van der Waals surface area contributed by atoms with Crippen molar-refractivity contribution in [3.05, 3.63) is 72.5 Å². The Balaban J connectivity index is 1.48. The molecule has 1 amide bonds. The van der Waals surface area contributed by atoms with Crippen LogP contribution >= 0.6 is 0 Å². The molecule has 1 heterocycles. The second-order valence-corrected chi connectivity index (χ2v) is 6.89. The topological polar surface area (TPSA) is 121 Å². The van der Waals surface area contributed by atoms with Gasteiger partial charge in [-0.15, -0.1) is 0 Å². The number of carbonyl (C=O) groups is 1. The van der Waals surface area contributed by atoms with Gasteiger partial charge < -0.3 is 13.7 Å². The molecule has 8 nitrogen and oxygen atoms in total. The molecule has 0 atom stereocenters. The van der Waals surface area contributed by atoms with Gasteiger partial charge in [0.25, 0.3) is 5.91 Å². The summed E-state index contributed by atoms with van der Waals surface area (Å²) >= 11 is 0. The Labute approximate surface area is 161 Å². The lowest BCUT2D eigenvalue weighted by Crippen LogP contribution is -2.24. The minimum absolute atomic E-state index is 0.00661. The zero-order chi connectivity index (χ0) is 20.0. The highest BCUT2D eigenvalue weighted by atomic mass is 32.2. The largest absolute Gasteiger partial charge is 0.742 e. The Kier molecular flexibility index (Phi) is 5.87. The van der Waals surface area contributed by atoms with Crippen LogP contribution in [0.1, 0.15) is 5.76 Å². The third-order valence-corrected chi connectivity index (χ3v) is 4.27. The zero-order valence-corrected chi connectivity index (χ0v) is 15.3. The van der Waals surface area contributed by atoms with Crippen LogP contribution in [0.4, 0.5) is 0 Å². The summed E-state index contributed by atoms with van der Waals surface area (Å²) in [6, 6.07) is 19.4. The van der Waals surface area contributed by atoms with E-state index in [4.69, 9.17) is 9.15 Å². The first kappa shape index (κ1) is 19.3. The van der Waals surface area contributed by atoms with Crippen molar-refractivity contribution in [3.63, 3.8) is 0 Å². The van der Waals surface area contributed by atoms with Gasteiger partial charge in [0.15, 0.2) is 16.7 Å². The van der Waals surface area contributed by atoms with Crippen molar-refractivity contribution in [2.24, 2.45) is 5.10 Å². The third kappa shape index (κ3) is 5.29. The number of amides is 1. The lowest BCUT2D eigenvalue weighted by Gasteiger charge is -2.06. The summed E-state index contributed by atoms with van der Waals surface area (Å²) in [7, 11) is -4.67. The van der Waals surface area contributed by atoms with E-state index >= 15 is 0 Å². The molecule has 1 N–H and O–H groups in total. The number of hydrazone groups is 1. The van der Waals surface area contributed by atoms with Crippen molar-refractivity contribution in [3.8, 4) is 16.9 Å². The number of furan rings is 1. The van der Waals surface area contributed by atoms with Crippen molar-refractivity contribution < 1.29 is 26.9 Å². The zero-order valence-electron chi connectivity index (χ0n) is 14.4. The predicted octanol–water partition coefficient (Wildman–Crippen LogP) is 2.38. The minimum atomic E-state index is -4.67. The van der Waals surface area contributed by atoms with Crippen LogP contribution in [0.15, 0.2) is 81.3 Å². The molecule has 0 saturated carbocycles. The molecule has 0 radical (unpaired) electrons. The van der Waals surface area contributed by atoms with Crippen molar-refractivity contribution in [1.29, 1.82) is 0 Å². The summed E-state index contributed by atoms with van der Waals surface area (Å²) in [4.78, 5) is 11.7. The summed E-state index contributed by atoms with van der Waals surface area (Å²) in [6.07, 6.45) is 1.07. The Hall–Kier alpha value is -3.43. The number of nitrogens with zero attached hydrogens (tertiary/aromatic N) is 1. The fourth-order valence-corrected chi connectivity index (χ4v) is 2.69. The highest BCUT2D eigenvalue weighted by Gasteiger charge is 2.07. The van der Waals surface area contributed by atoms with Gasteiger partial charge >= 0.3 is 0 Å². The van der Waals surface area contributed by atoms with E-state index in [-0.39, 0.29) is 12.4 Å². The number of ether oxygens (including phenoxy) is 1. The molecule has 9 heteroatoms. The molecule has 28 heavy (non-hydrogen) atoms. The molecule has 1 aromatic heterocycles. The van der Waals surface area contributed by atoms with E-state index in [9.17, 15) is 17.8 Å². The molecule has 144 valence electrons. The lowest BCUT2D eigenvalue weighted by molar-refractivity contribution is -0.123. The number of nitrogens with one attached hydrogen (secondary N) is 1. The minimum Gasteiger partial charge on any atom is -0.742 e. The van der Waals surface area contributed by atoms with Gasteiger partial charge in [-0.3, -0.25) is 4.79 Å². The summed E-state index contributed by atoms with van der Waals surface area (Å²) in [5.74, 6) is 0.00824. The van der Waals surface area contributed by atoms with Crippen LogP contribution in [-0.2, 0) is 14.9 Å². The van der Waals surface area contributed by atoms with Gasteiger partial charge in [0, 0.05) is 0 Å². The number of carbonyl (C=O) groups excluding carboxylic acids is 1. The first-order valence-corrected chi connectivity index (χ1v) is 9.48. The Morgan fingerprint density at radius 1 is 1.04 bits per heavy atom. The van der Waals surface area contributed by atoms with Gasteiger partial charge in [-0.1, -0.05) is 42.5 Å². The Morgan fingerprint density at radius 3 is 2.36 bits per heavy atom. The number of benzene rings is 2. The van der Waals surface area contributed by atoms with Gasteiger partial charge in [-0.25, -0.2) is 13.8 Å². The van der Waals surface area contributed by atoms with E-state index in [2.05, 4.69) is 10.5 Å². The van der Waals surface area contributed by atoms with Crippen molar-refractivity contribution in [1.82, 2.24) is 5.43 Å². The average Bonchev–Trinajstić information content (AvgIpc) is 3.17. The van der Waals surface area contributed by atoms with Crippen LogP contribution in [-0.4, -0.2) is 31.7 Å². The fraction of sp³-hybridized carbons (Fsp3) is 0.0526. The highest BCUT2D eigenvalue weighted by Crippen LogP contribution is 2.21. The maximum absolute atomic E-state index is 11.7. The average molecular weight is 399 g/mol. The SMILES string of the molecule is O=C(COc1ccc(-c2ccccc2)cc1)N/N=C/c1ccc(S(=O)(=O)[O-])o1. The van der Waals surface area contributed by atoms with E-state index in [1.54, 1.807) is 12.1 Å². The van der Waals surface area contributed by atoms with E-state index in [1.807, 2.05) is 42.5 Å². The summed E-state index contributed by atoms with van der Waals surface area (Å²) in [6.45, 7) is -0.264. The molecule has 0 spiro atoms. The van der Waals surface area contributed by atoms with Gasteiger partial charge in [-0.05, 0) is 35.4 Å². The monoisotopic (exact) mass is 399 g/mol. The van der Waals surface area contributed by atoms with Gasteiger partial charge in [-0.2, -0.15) is 5.10 Å². The van der Waals surface area contributed by atoms with Crippen molar-refractivity contribution >= 4 is 22.2 Å². The molecule has 3 rings (SSSR count). The van der Waals surface area contributed by atoms with Gasteiger partial charge in [0.1, 0.15) is 11.5 Å². The molecule has 0 saturated heterocycles. The second kappa shape index (κ2) is 8.51. The van der Waals surface area contributed by atoms with E-state index in [0.29, 0.717) is 5.75 Å². The Morgan fingerprint density at radius 2 is 1.71 bits per heavy atom. The molecule has 2 aromatic carbocycles. The van der Waals surface area contributed by atoms with Crippen LogP contribution in [0.5, 0.6) is 5.75 Å². The van der Waals surface area contributed by atoms with E-state index < -0.39 is 21.1 Å². The predicted molar refractivity (Wildman–Crippen MR) is 99.8 cm³/mol. The molecular formula is C19H15N2O6S-. The Bertz CT molecular complexity index is 1070. The van der Waals surface area contributed by atoms with Crippen molar-refractivity contribution in [2.75, 3.05) is 6.61 Å². The summed E-state index contributed by atoms with van der Waals surface area (Å²) in [5, 5.41) is 2.89. The number of hydrogen-bond acceptors (Lipinski definition) is 7. The molecule has 0 aliphatic heterocycles. The van der Waals surface area contributed by atoms with E-state index in [0.717, 1.165) is 23.4 Å². The number of hydrogen-bond donors (Lipinski definition) is 1. The normalized spacial score (nSPS) is 11.5. The first-order chi connectivity index (χ1) is 13.4. The molecule has 0 unspecified atom stereocenters. The highest BCUT2D eigenvalue weighted by molar-refractivity contribution is 7.85. The maximum Gasteiger partial charge on any atom is 0.277 e. The lowest BCUT2D eigenvalue weighted by atomic mass is 10.1. The van der Waals surface area contributed by atoms with Crippen LogP contribution in [0, 0.1) is 0 Å². The molecule has 0 aliphatic rings. The quantitative estimate of drug-likeness (QED) is 0.370. The van der Waals surface area contributed by atoms with Gasteiger partial charge in [0.2, 0.25) is 5.09 Å². The fourth-order valence-electron chi connectivity index (χ4n) is 2.26. The standard InChI is InChI=1S/C19H16N2O6S/c22-18(21-20-12-17-10-11-19(27-17)28(23,24)25)13-26-16-8-6-15(7-9-16)14-4-2-1-3-5-14/h1-12H,13H2,(H,21,22)(H,23,24,25)/p-1/b20-12+. The summed E-state index contributed by atoms with van der Waals surface area (Å²) in [5.41, 5.74) is 4.31.